The van der Waals surface area contributed by atoms with Crippen LogP contribution in [0.5, 0.6) is 5.75 Å². The summed E-state index contributed by atoms with van der Waals surface area (Å²) in [5.74, 6) is 1.25. The van der Waals surface area contributed by atoms with Crippen LogP contribution in [0, 0.1) is 11.3 Å². The van der Waals surface area contributed by atoms with Crippen LogP contribution in [0.25, 0.3) is 10.8 Å². The minimum absolute atomic E-state index is 0.109. The first kappa shape index (κ1) is 14.1. The number of carbonyl (C=O) groups excluding carboxylic acids is 1. The molecule has 0 bridgehead atoms. The number of carbonyl (C=O) groups is 1. The highest BCUT2D eigenvalue weighted by molar-refractivity contribution is 6.10. The molecule has 1 unspecified atom stereocenters. The van der Waals surface area contributed by atoms with Gasteiger partial charge in [-0.3, -0.25) is 4.79 Å². The lowest BCUT2D eigenvalue weighted by atomic mass is 9.77. The fourth-order valence-electron chi connectivity index (χ4n) is 3.66. The third-order valence-electron chi connectivity index (χ3n) is 4.94. The van der Waals surface area contributed by atoms with Crippen LogP contribution in [0.2, 0.25) is 0 Å². The first-order valence-electron chi connectivity index (χ1n) is 7.64. The Kier molecular flexibility index (Phi) is 3.48. The monoisotopic (exact) mass is 282 g/mol. The predicted molar refractivity (Wildman–Crippen MR) is 86.0 cm³/mol. The van der Waals surface area contributed by atoms with E-state index in [4.69, 9.17) is 4.74 Å². The van der Waals surface area contributed by atoms with E-state index in [1.807, 2.05) is 36.4 Å². The Morgan fingerprint density at radius 2 is 1.86 bits per heavy atom. The van der Waals surface area contributed by atoms with E-state index in [-0.39, 0.29) is 17.1 Å². The minimum atomic E-state index is 0.109. The van der Waals surface area contributed by atoms with E-state index < -0.39 is 0 Å². The molecule has 2 aromatic rings. The second kappa shape index (κ2) is 5.18. The molecule has 0 amide bonds. The predicted octanol–water partition coefficient (Wildman–Crippen LogP) is 4.86. The number of benzene rings is 2. The molecule has 0 radical (unpaired) electrons. The van der Waals surface area contributed by atoms with E-state index in [1.165, 1.54) is 0 Å². The molecule has 1 atom stereocenters. The molecule has 1 aliphatic carbocycles. The molecule has 0 N–H and O–H groups in total. The van der Waals surface area contributed by atoms with E-state index in [2.05, 4.69) is 13.8 Å². The SMILES string of the molecule is COc1ccc(C(=O)C2CCCC2(C)C)c2ccccc12. The largest absolute Gasteiger partial charge is 0.496 e. The van der Waals surface area contributed by atoms with Gasteiger partial charge in [0.1, 0.15) is 5.75 Å². The van der Waals surface area contributed by atoms with Gasteiger partial charge in [-0.05, 0) is 35.8 Å². The number of fused-ring (bicyclic) bond motifs is 1. The van der Waals surface area contributed by atoms with Gasteiger partial charge in [0.25, 0.3) is 0 Å². The van der Waals surface area contributed by atoms with Gasteiger partial charge in [-0.1, -0.05) is 44.5 Å². The van der Waals surface area contributed by atoms with Gasteiger partial charge in [-0.25, -0.2) is 0 Å². The van der Waals surface area contributed by atoms with Crippen molar-refractivity contribution in [1.82, 2.24) is 0 Å². The summed E-state index contributed by atoms with van der Waals surface area (Å²) in [7, 11) is 1.67. The molecule has 2 aromatic carbocycles. The van der Waals surface area contributed by atoms with Crippen molar-refractivity contribution in [2.75, 3.05) is 7.11 Å². The molecule has 0 aliphatic heterocycles. The number of hydrogen-bond acceptors (Lipinski definition) is 2. The summed E-state index contributed by atoms with van der Waals surface area (Å²) in [5, 5.41) is 2.02. The first-order chi connectivity index (χ1) is 10.0. The van der Waals surface area contributed by atoms with E-state index in [0.29, 0.717) is 0 Å². The lowest BCUT2D eigenvalue weighted by molar-refractivity contribution is 0.0841. The Morgan fingerprint density at radius 1 is 1.14 bits per heavy atom. The third kappa shape index (κ3) is 2.33. The van der Waals surface area contributed by atoms with E-state index in [9.17, 15) is 4.79 Å². The molecule has 1 fully saturated rings. The molecule has 0 aromatic heterocycles. The average Bonchev–Trinajstić information content (AvgIpc) is 2.85. The Balaban J connectivity index is 2.11. The molecule has 110 valence electrons. The smallest absolute Gasteiger partial charge is 0.167 e. The van der Waals surface area contributed by atoms with Crippen LogP contribution in [0.3, 0.4) is 0 Å². The van der Waals surface area contributed by atoms with Gasteiger partial charge >= 0.3 is 0 Å². The van der Waals surface area contributed by atoms with Gasteiger partial charge in [-0.2, -0.15) is 0 Å². The molecular weight excluding hydrogens is 260 g/mol. The molecular formula is C19H22O2. The average molecular weight is 282 g/mol. The second-order valence-electron chi connectivity index (χ2n) is 6.66. The zero-order valence-electron chi connectivity index (χ0n) is 13.0. The van der Waals surface area contributed by atoms with Crippen molar-refractivity contribution in [3.05, 3.63) is 42.0 Å². The van der Waals surface area contributed by atoms with Gasteiger partial charge < -0.3 is 4.74 Å². The number of ether oxygens (including phenoxy) is 1. The Labute approximate surface area is 126 Å². The summed E-state index contributed by atoms with van der Waals surface area (Å²) in [6.07, 6.45) is 3.29. The van der Waals surface area contributed by atoms with Gasteiger partial charge in [0.15, 0.2) is 5.78 Å². The molecule has 0 heterocycles. The standard InChI is InChI=1S/C19H22O2/c1-19(2)12-6-9-16(19)18(20)15-10-11-17(21-3)14-8-5-4-7-13(14)15/h4-5,7-8,10-11,16H,6,9,12H2,1-3H3. The molecule has 1 saturated carbocycles. The normalized spacial score (nSPS) is 20.6. The fraction of sp³-hybridized carbons (Fsp3) is 0.421. The van der Waals surface area contributed by atoms with E-state index >= 15 is 0 Å². The lowest BCUT2D eigenvalue weighted by Crippen LogP contribution is -2.26. The van der Waals surface area contributed by atoms with E-state index in [0.717, 1.165) is 41.3 Å². The maximum Gasteiger partial charge on any atom is 0.167 e. The maximum atomic E-state index is 13.0. The highest BCUT2D eigenvalue weighted by atomic mass is 16.5. The number of hydrogen-bond donors (Lipinski definition) is 0. The van der Waals surface area contributed by atoms with Crippen molar-refractivity contribution < 1.29 is 9.53 Å². The number of rotatable bonds is 3. The number of ketones is 1. The molecule has 2 heteroatoms. The summed E-state index contributed by atoms with van der Waals surface area (Å²) in [6, 6.07) is 11.9. The van der Waals surface area contributed by atoms with Crippen LogP contribution >= 0.6 is 0 Å². The van der Waals surface area contributed by atoms with Crippen LogP contribution in [0.4, 0.5) is 0 Å². The number of Topliss-reactive ketones (excluding diaryl/α,β-unsaturated/α-hetero) is 1. The van der Waals surface area contributed by atoms with Crippen molar-refractivity contribution in [3.8, 4) is 5.75 Å². The van der Waals surface area contributed by atoms with Crippen LogP contribution in [0.1, 0.15) is 43.5 Å². The van der Waals surface area contributed by atoms with Gasteiger partial charge in [-0.15, -0.1) is 0 Å². The number of methoxy groups -OCH3 is 1. The van der Waals surface area contributed by atoms with Crippen molar-refractivity contribution in [1.29, 1.82) is 0 Å². The van der Waals surface area contributed by atoms with Gasteiger partial charge in [0, 0.05) is 16.9 Å². The molecule has 0 saturated heterocycles. The molecule has 1 aliphatic rings. The Morgan fingerprint density at radius 3 is 2.48 bits per heavy atom. The van der Waals surface area contributed by atoms with E-state index in [1.54, 1.807) is 7.11 Å². The summed E-state index contributed by atoms with van der Waals surface area (Å²) in [4.78, 5) is 13.0. The summed E-state index contributed by atoms with van der Waals surface area (Å²) in [5.41, 5.74) is 0.948. The molecule has 3 rings (SSSR count). The van der Waals surface area contributed by atoms with Crippen molar-refractivity contribution in [3.63, 3.8) is 0 Å². The minimum Gasteiger partial charge on any atom is -0.496 e. The Bertz CT molecular complexity index is 685. The summed E-state index contributed by atoms with van der Waals surface area (Å²) >= 11 is 0. The fourth-order valence-corrected chi connectivity index (χ4v) is 3.66. The maximum absolute atomic E-state index is 13.0. The second-order valence-corrected chi connectivity index (χ2v) is 6.66. The van der Waals surface area contributed by atoms with Crippen molar-refractivity contribution in [2.45, 2.75) is 33.1 Å². The van der Waals surface area contributed by atoms with Crippen LogP contribution < -0.4 is 4.74 Å². The summed E-state index contributed by atoms with van der Waals surface area (Å²) < 4.78 is 5.42. The molecule has 21 heavy (non-hydrogen) atoms. The molecule has 2 nitrogen and oxygen atoms in total. The highest BCUT2D eigenvalue weighted by Crippen LogP contribution is 2.45. The molecule has 0 spiro atoms. The highest BCUT2D eigenvalue weighted by Gasteiger charge is 2.39. The zero-order valence-corrected chi connectivity index (χ0v) is 13.0. The lowest BCUT2D eigenvalue weighted by Gasteiger charge is -2.26. The Hall–Kier alpha value is -1.83. The summed E-state index contributed by atoms with van der Waals surface area (Å²) in [6.45, 7) is 4.43. The topological polar surface area (TPSA) is 26.3 Å². The quantitative estimate of drug-likeness (QED) is 0.752. The first-order valence-corrected chi connectivity index (χ1v) is 7.64. The van der Waals surface area contributed by atoms with Crippen molar-refractivity contribution >= 4 is 16.6 Å². The van der Waals surface area contributed by atoms with Crippen molar-refractivity contribution in [2.24, 2.45) is 11.3 Å². The third-order valence-corrected chi connectivity index (χ3v) is 4.94. The van der Waals surface area contributed by atoms with Crippen LogP contribution in [-0.4, -0.2) is 12.9 Å². The van der Waals surface area contributed by atoms with Crippen LogP contribution in [0.15, 0.2) is 36.4 Å². The van der Waals surface area contributed by atoms with Gasteiger partial charge in [0.2, 0.25) is 0 Å². The van der Waals surface area contributed by atoms with Crippen LogP contribution in [-0.2, 0) is 0 Å². The zero-order chi connectivity index (χ0) is 15.0. The van der Waals surface area contributed by atoms with Gasteiger partial charge in [0.05, 0.1) is 7.11 Å².